The fraction of sp³-hybridized carbons (Fsp3) is 0.533. The zero-order valence-electron chi connectivity index (χ0n) is 12.3. The molecule has 0 bridgehead atoms. The second-order valence-corrected chi connectivity index (χ2v) is 7.01. The summed E-state index contributed by atoms with van der Waals surface area (Å²) < 4.78 is 12.0. The van der Waals surface area contributed by atoms with Crippen LogP contribution in [0.25, 0.3) is 0 Å². The molecular weight excluding hydrogens is 304 g/mol. The van der Waals surface area contributed by atoms with Crippen molar-refractivity contribution in [1.82, 2.24) is 5.32 Å². The van der Waals surface area contributed by atoms with E-state index in [-0.39, 0.29) is 29.1 Å². The number of carbonyl (C=O) groups is 1. The normalized spacial score (nSPS) is 16.9. The molecule has 0 spiro atoms. The number of nitrogens with one attached hydrogen (secondary N) is 1. The molecule has 1 atom stereocenters. The first-order valence-corrected chi connectivity index (χ1v) is 8.91. The molecule has 0 unspecified atom stereocenters. The minimum atomic E-state index is -1.36. The summed E-state index contributed by atoms with van der Waals surface area (Å²) in [6.07, 6.45) is 5.45. The molecule has 22 heavy (non-hydrogen) atoms. The van der Waals surface area contributed by atoms with E-state index in [1.165, 1.54) is 18.6 Å². The van der Waals surface area contributed by atoms with Gasteiger partial charge in [0.1, 0.15) is 5.75 Å². The first kappa shape index (κ1) is 16.6. The Kier molecular flexibility index (Phi) is 6.06. The predicted octanol–water partition coefficient (Wildman–Crippen LogP) is 2.29. The van der Waals surface area contributed by atoms with Crippen LogP contribution >= 0.6 is 0 Å². The summed E-state index contributed by atoms with van der Waals surface area (Å²) in [4.78, 5) is 22.1. The molecule has 120 valence electrons. The van der Waals surface area contributed by atoms with Crippen LogP contribution in [0.4, 0.5) is 5.69 Å². The predicted molar refractivity (Wildman–Crippen MR) is 84.8 cm³/mol. The van der Waals surface area contributed by atoms with Crippen molar-refractivity contribution < 1.29 is 13.9 Å². The molecule has 1 aromatic carbocycles. The third-order valence-electron chi connectivity index (χ3n) is 3.71. The van der Waals surface area contributed by atoms with Crippen LogP contribution in [-0.2, 0) is 21.3 Å². The van der Waals surface area contributed by atoms with E-state index in [0.29, 0.717) is 5.56 Å². The Morgan fingerprint density at radius 2 is 2.05 bits per heavy atom. The number of non-ortho nitro benzene ring substituents is 1. The Balaban J connectivity index is 1.83. The zero-order chi connectivity index (χ0) is 15.9. The van der Waals surface area contributed by atoms with Crippen LogP contribution in [0.3, 0.4) is 0 Å². The molecule has 6 nitrogen and oxygen atoms in total. The summed E-state index contributed by atoms with van der Waals surface area (Å²) in [6.45, 7) is 0. The maximum Gasteiger partial charge on any atom is 0.269 e. The van der Waals surface area contributed by atoms with E-state index in [0.717, 1.165) is 25.7 Å². The maximum absolute atomic E-state index is 12.0. The molecule has 1 aromatic rings. The quantitative estimate of drug-likeness (QED) is 0.642. The molecule has 0 heterocycles. The lowest BCUT2D eigenvalue weighted by Gasteiger charge is -2.22. The van der Waals surface area contributed by atoms with Crippen molar-refractivity contribution in [1.29, 1.82) is 0 Å². The number of hydrogen-bond acceptors (Lipinski definition) is 4. The topological polar surface area (TPSA) is 89.3 Å². The fourth-order valence-corrected chi connectivity index (χ4v) is 3.69. The molecular formula is C15H20N2O4S. The molecule has 7 heteroatoms. The van der Waals surface area contributed by atoms with Crippen LogP contribution < -0.4 is 5.32 Å². The summed E-state index contributed by atoms with van der Waals surface area (Å²) in [5, 5.41) is 13.6. The third-order valence-corrected chi connectivity index (χ3v) is 4.95. The van der Waals surface area contributed by atoms with Crippen LogP contribution in [0.5, 0.6) is 0 Å². The van der Waals surface area contributed by atoms with Gasteiger partial charge < -0.3 is 5.32 Å². The van der Waals surface area contributed by atoms with Gasteiger partial charge in [-0.1, -0.05) is 31.4 Å². The Bertz CT molecular complexity index is 570. The summed E-state index contributed by atoms with van der Waals surface area (Å²) >= 11 is 0. The molecule has 0 saturated heterocycles. The van der Waals surface area contributed by atoms with Gasteiger partial charge in [0, 0.05) is 34.7 Å². The smallest absolute Gasteiger partial charge is 0.269 e. The second kappa shape index (κ2) is 8.03. The average Bonchev–Trinajstić information content (AvgIpc) is 2.48. The van der Waals surface area contributed by atoms with Gasteiger partial charge in [0.2, 0.25) is 5.91 Å². The van der Waals surface area contributed by atoms with E-state index in [2.05, 4.69) is 5.32 Å². The van der Waals surface area contributed by atoms with Crippen LogP contribution in [0.15, 0.2) is 24.3 Å². The average molecular weight is 324 g/mol. The van der Waals surface area contributed by atoms with Crippen molar-refractivity contribution in [3.8, 4) is 0 Å². The van der Waals surface area contributed by atoms with Gasteiger partial charge in [-0.3, -0.25) is 19.1 Å². The molecule has 1 N–H and O–H groups in total. The van der Waals surface area contributed by atoms with Gasteiger partial charge >= 0.3 is 0 Å². The number of rotatable bonds is 6. The highest BCUT2D eigenvalue weighted by Gasteiger charge is 2.17. The van der Waals surface area contributed by atoms with E-state index >= 15 is 0 Å². The molecule has 0 radical (unpaired) electrons. The van der Waals surface area contributed by atoms with Crippen molar-refractivity contribution in [2.75, 3.05) is 5.75 Å². The van der Waals surface area contributed by atoms with E-state index in [9.17, 15) is 19.1 Å². The SMILES string of the molecule is O=C(C[S@](=O)Cc1cccc([N+](=O)[O-])c1)NC1CCCCC1. The van der Waals surface area contributed by atoms with E-state index in [1.807, 2.05) is 0 Å². The number of hydrogen-bond donors (Lipinski definition) is 1. The Morgan fingerprint density at radius 1 is 1.32 bits per heavy atom. The Hall–Kier alpha value is -1.76. The van der Waals surface area contributed by atoms with E-state index in [1.54, 1.807) is 12.1 Å². The lowest BCUT2D eigenvalue weighted by Crippen LogP contribution is -2.38. The van der Waals surface area contributed by atoms with E-state index < -0.39 is 15.7 Å². The molecule has 1 saturated carbocycles. The molecule has 0 aromatic heterocycles. The van der Waals surface area contributed by atoms with Gasteiger partial charge in [-0.25, -0.2) is 0 Å². The summed E-state index contributed by atoms with van der Waals surface area (Å²) in [6, 6.07) is 6.24. The fourth-order valence-electron chi connectivity index (χ4n) is 2.66. The number of carbonyl (C=O) groups excluding carboxylic acids is 1. The molecule has 0 aliphatic heterocycles. The van der Waals surface area contributed by atoms with Crippen molar-refractivity contribution in [2.24, 2.45) is 0 Å². The third kappa shape index (κ3) is 5.22. The first-order valence-electron chi connectivity index (χ1n) is 7.42. The number of benzene rings is 1. The summed E-state index contributed by atoms with van der Waals surface area (Å²) in [5.74, 6) is -0.102. The standard InChI is InChI=1S/C15H20N2O4S/c18-15(16-13-6-2-1-3-7-13)11-22(21)10-12-5-4-8-14(9-12)17(19)20/h4-5,8-9,13H,1-3,6-7,10-11H2,(H,16,18)/t22-/m1/s1. The number of amides is 1. The molecule has 2 rings (SSSR count). The largest absolute Gasteiger partial charge is 0.353 e. The highest BCUT2D eigenvalue weighted by molar-refractivity contribution is 7.84. The number of nitro groups is 1. The van der Waals surface area contributed by atoms with Gasteiger partial charge in [-0.15, -0.1) is 0 Å². The highest BCUT2D eigenvalue weighted by Crippen LogP contribution is 2.17. The number of nitrogens with zero attached hydrogens (tertiary/aromatic N) is 1. The van der Waals surface area contributed by atoms with Crippen molar-refractivity contribution in [3.63, 3.8) is 0 Å². The molecule has 1 amide bonds. The summed E-state index contributed by atoms with van der Waals surface area (Å²) in [7, 11) is -1.36. The van der Waals surface area contributed by atoms with Crippen molar-refractivity contribution >= 4 is 22.4 Å². The van der Waals surface area contributed by atoms with Crippen molar-refractivity contribution in [2.45, 2.75) is 43.9 Å². The van der Waals surface area contributed by atoms with Crippen LogP contribution in [0, 0.1) is 10.1 Å². The van der Waals surface area contributed by atoms with Crippen LogP contribution in [0.2, 0.25) is 0 Å². The first-order chi connectivity index (χ1) is 10.5. The lowest BCUT2D eigenvalue weighted by atomic mass is 9.95. The van der Waals surface area contributed by atoms with Gasteiger partial charge in [0.15, 0.2) is 0 Å². The van der Waals surface area contributed by atoms with Crippen molar-refractivity contribution in [3.05, 3.63) is 39.9 Å². The van der Waals surface area contributed by atoms with Gasteiger partial charge in [-0.05, 0) is 18.4 Å². The van der Waals surface area contributed by atoms with Crippen LogP contribution in [0.1, 0.15) is 37.7 Å². The number of nitro benzene ring substituents is 1. The molecule has 1 aliphatic carbocycles. The van der Waals surface area contributed by atoms with Gasteiger partial charge in [0.05, 0.1) is 4.92 Å². The minimum Gasteiger partial charge on any atom is -0.353 e. The van der Waals surface area contributed by atoms with E-state index in [4.69, 9.17) is 0 Å². The Labute approximate surface area is 131 Å². The van der Waals surface area contributed by atoms with Gasteiger partial charge in [0.25, 0.3) is 5.69 Å². The minimum absolute atomic E-state index is 0.0267. The maximum atomic E-state index is 12.0. The summed E-state index contributed by atoms with van der Waals surface area (Å²) in [5.41, 5.74) is 0.583. The monoisotopic (exact) mass is 324 g/mol. The molecule has 1 fully saturated rings. The second-order valence-electron chi connectivity index (χ2n) is 5.56. The zero-order valence-corrected chi connectivity index (χ0v) is 13.1. The Morgan fingerprint density at radius 3 is 2.73 bits per heavy atom. The molecule has 1 aliphatic rings. The van der Waals surface area contributed by atoms with Crippen LogP contribution in [-0.4, -0.2) is 26.8 Å². The highest BCUT2D eigenvalue weighted by atomic mass is 32.2. The lowest BCUT2D eigenvalue weighted by molar-refractivity contribution is -0.384. The van der Waals surface area contributed by atoms with Gasteiger partial charge in [-0.2, -0.15) is 0 Å².